The molecule has 0 fully saturated rings. The fourth-order valence-electron chi connectivity index (χ4n) is 1.54. The monoisotopic (exact) mass is 313 g/mol. The molecule has 0 aliphatic rings. The quantitative estimate of drug-likeness (QED) is 0.714. The summed E-state index contributed by atoms with van der Waals surface area (Å²) in [5.74, 6) is 0.0955. The molecule has 1 rings (SSSR count). The highest BCUT2D eigenvalue weighted by atomic mass is 32.2. The second-order valence-electron chi connectivity index (χ2n) is 5.24. The van der Waals surface area contributed by atoms with Gasteiger partial charge in [-0.05, 0) is 37.1 Å². The van der Waals surface area contributed by atoms with Gasteiger partial charge in [-0.25, -0.2) is 8.42 Å². The zero-order chi connectivity index (χ0) is 16.0. The summed E-state index contributed by atoms with van der Waals surface area (Å²) in [4.78, 5) is 11.8. The smallest absolute Gasteiger partial charge is 0.232 e. The van der Waals surface area contributed by atoms with Crippen molar-refractivity contribution in [3.05, 3.63) is 24.3 Å². The lowest BCUT2D eigenvalue weighted by Gasteiger charge is -2.15. The molecule has 4 N–H and O–H groups in total. The second kappa shape index (κ2) is 7.42. The molecular formula is C14H23N3O3S. The van der Waals surface area contributed by atoms with Crippen molar-refractivity contribution in [1.82, 2.24) is 0 Å². The van der Waals surface area contributed by atoms with Crippen LogP contribution >= 0.6 is 0 Å². The van der Waals surface area contributed by atoms with Crippen LogP contribution in [-0.2, 0) is 14.8 Å². The van der Waals surface area contributed by atoms with Gasteiger partial charge in [-0.2, -0.15) is 0 Å². The first kappa shape index (κ1) is 17.5. The van der Waals surface area contributed by atoms with E-state index >= 15 is 0 Å². The van der Waals surface area contributed by atoms with Crippen molar-refractivity contribution in [1.29, 1.82) is 0 Å². The van der Waals surface area contributed by atoms with E-state index in [1.54, 1.807) is 31.2 Å². The van der Waals surface area contributed by atoms with E-state index < -0.39 is 10.0 Å². The van der Waals surface area contributed by atoms with Crippen molar-refractivity contribution in [3.8, 4) is 0 Å². The SMILES string of the molecule is CCS(=O)(=O)Nc1ccc(NC(=O)CC(N)C(C)C)cc1. The molecule has 21 heavy (non-hydrogen) atoms. The molecule has 1 amide bonds. The number of hydrogen-bond acceptors (Lipinski definition) is 4. The van der Waals surface area contributed by atoms with Gasteiger partial charge in [0.05, 0.1) is 5.75 Å². The maximum Gasteiger partial charge on any atom is 0.232 e. The molecule has 0 saturated heterocycles. The molecular weight excluding hydrogens is 290 g/mol. The van der Waals surface area contributed by atoms with Crippen LogP contribution in [0.4, 0.5) is 11.4 Å². The highest BCUT2D eigenvalue weighted by molar-refractivity contribution is 7.92. The number of nitrogens with two attached hydrogens (primary N) is 1. The summed E-state index contributed by atoms with van der Waals surface area (Å²) >= 11 is 0. The molecule has 6 nitrogen and oxygen atoms in total. The topological polar surface area (TPSA) is 101 Å². The first-order valence-electron chi connectivity index (χ1n) is 6.89. The number of nitrogens with one attached hydrogen (secondary N) is 2. The molecule has 0 aliphatic carbocycles. The third kappa shape index (κ3) is 6.14. The van der Waals surface area contributed by atoms with Crippen molar-refractivity contribution in [2.45, 2.75) is 33.2 Å². The zero-order valence-corrected chi connectivity index (χ0v) is 13.4. The Morgan fingerprint density at radius 2 is 1.71 bits per heavy atom. The van der Waals surface area contributed by atoms with Crippen LogP contribution in [0, 0.1) is 5.92 Å². The summed E-state index contributed by atoms with van der Waals surface area (Å²) in [6, 6.07) is 6.32. The van der Waals surface area contributed by atoms with E-state index in [0.717, 1.165) is 0 Å². The number of anilines is 2. The predicted molar refractivity (Wildman–Crippen MR) is 85.6 cm³/mol. The van der Waals surface area contributed by atoms with Crippen LogP contribution in [0.5, 0.6) is 0 Å². The highest BCUT2D eigenvalue weighted by Crippen LogP contribution is 2.15. The van der Waals surface area contributed by atoms with Gasteiger partial charge in [-0.15, -0.1) is 0 Å². The van der Waals surface area contributed by atoms with Crippen molar-refractivity contribution in [2.24, 2.45) is 11.7 Å². The number of rotatable bonds is 7. The Hall–Kier alpha value is -1.60. The van der Waals surface area contributed by atoms with Crippen molar-refractivity contribution in [2.75, 3.05) is 15.8 Å². The lowest BCUT2D eigenvalue weighted by atomic mass is 10.0. The fraction of sp³-hybridized carbons (Fsp3) is 0.500. The Labute approximate surface area is 126 Å². The molecule has 118 valence electrons. The molecule has 0 bridgehead atoms. The van der Waals surface area contributed by atoms with Gasteiger partial charge in [-0.1, -0.05) is 13.8 Å². The van der Waals surface area contributed by atoms with Crippen molar-refractivity contribution >= 4 is 27.3 Å². The standard InChI is InChI=1S/C14H23N3O3S/c1-4-21(19,20)17-12-7-5-11(6-8-12)16-14(18)9-13(15)10(2)3/h5-8,10,13,17H,4,9,15H2,1-3H3,(H,16,18). The molecule has 1 aromatic rings. The lowest BCUT2D eigenvalue weighted by molar-refractivity contribution is -0.116. The Kier molecular flexibility index (Phi) is 6.17. The Morgan fingerprint density at radius 1 is 1.19 bits per heavy atom. The third-order valence-corrected chi connectivity index (χ3v) is 4.41. The van der Waals surface area contributed by atoms with E-state index in [-0.39, 0.29) is 30.0 Å². The maximum atomic E-state index is 11.8. The van der Waals surface area contributed by atoms with E-state index in [9.17, 15) is 13.2 Å². The summed E-state index contributed by atoms with van der Waals surface area (Å²) in [6.45, 7) is 5.49. The zero-order valence-electron chi connectivity index (χ0n) is 12.6. The highest BCUT2D eigenvalue weighted by Gasteiger charge is 2.13. The predicted octanol–water partition coefficient (Wildman–Crippen LogP) is 1.76. The number of amides is 1. The Balaban J connectivity index is 2.61. The van der Waals surface area contributed by atoms with Gasteiger partial charge in [0.25, 0.3) is 0 Å². The minimum absolute atomic E-state index is 0.0125. The first-order chi connectivity index (χ1) is 9.73. The minimum Gasteiger partial charge on any atom is -0.327 e. The van der Waals surface area contributed by atoms with Crippen molar-refractivity contribution < 1.29 is 13.2 Å². The van der Waals surface area contributed by atoms with Gasteiger partial charge >= 0.3 is 0 Å². The maximum absolute atomic E-state index is 11.8. The van der Waals surface area contributed by atoms with E-state index in [0.29, 0.717) is 11.4 Å². The van der Waals surface area contributed by atoms with E-state index in [1.807, 2.05) is 13.8 Å². The second-order valence-corrected chi connectivity index (χ2v) is 7.25. The van der Waals surface area contributed by atoms with Crippen LogP contribution in [-0.4, -0.2) is 26.1 Å². The van der Waals surface area contributed by atoms with Gasteiger partial charge in [0.1, 0.15) is 0 Å². The molecule has 7 heteroatoms. The minimum atomic E-state index is -3.29. The fourth-order valence-corrected chi connectivity index (χ4v) is 2.17. The van der Waals surface area contributed by atoms with E-state index in [4.69, 9.17) is 5.73 Å². The summed E-state index contributed by atoms with van der Waals surface area (Å²) in [6.07, 6.45) is 0.252. The van der Waals surface area contributed by atoms with Crippen LogP contribution in [0.3, 0.4) is 0 Å². The van der Waals surface area contributed by atoms with Crippen LogP contribution in [0.2, 0.25) is 0 Å². The molecule has 0 radical (unpaired) electrons. The van der Waals surface area contributed by atoms with Crippen LogP contribution < -0.4 is 15.8 Å². The Bertz CT molecular complexity index is 568. The van der Waals surface area contributed by atoms with Gasteiger partial charge in [-0.3, -0.25) is 9.52 Å². The van der Waals surface area contributed by atoms with Crippen LogP contribution in [0.15, 0.2) is 24.3 Å². The summed E-state index contributed by atoms with van der Waals surface area (Å²) in [5.41, 5.74) is 6.92. The lowest BCUT2D eigenvalue weighted by Crippen LogP contribution is -2.31. The number of carbonyl (C=O) groups excluding carboxylic acids is 1. The molecule has 0 spiro atoms. The first-order valence-corrected chi connectivity index (χ1v) is 8.54. The summed E-state index contributed by atoms with van der Waals surface area (Å²) in [5, 5.41) is 2.74. The van der Waals surface area contributed by atoms with Gasteiger partial charge < -0.3 is 11.1 Å². The molecule has 0 saturated carbocycles. The number of sulfonamides is 1. The van der Waals surface area contributed by atoms with Crippen molar-refractivity contribution in [3.63, 3.8) is 0 Å². The van der Waals surface area contributed by atoms with Crippen LogP contribution in [0.25, 0.3) is 0 Å². The summed E-state index contributed by atoms with van der Waals surface area (Å²) in [7, 11) is -3.29. The third-order valence-electron chi connectivity index (χ3n) is 3.10. The van der Waals surface area contributed by atoms with E-state index in [2.05, 4.69) is 10.0 Å². The molecule has 0 aromatic heterocycles. The normalized spacial score (nSPS) is 13.0. The number of carbonyl (C=O) groups is 1. The number of benzene rings is 1. The molecule has 0 heterocycles. The van der Waals surface area contributed by atoms with Crippen LogP contribution in [0.1, 0.15) is 27.2 Å². The molecule has 0 aliphatic heterocycles. The average Bonchev–Trinajstić information content (AvgIpc) is 2.40. The average molecular weight is 313 g/mol. The molecule has 1 unspecified atom stereocenters. The molecule has 1 aromatic carbocycles. The molecule has 1 atom stereocenters. The van der Waals surface area contributed by atoms with Gasteiger partial charge in [0, 0.05) is 23.8 Å². The Morgan fingerprint density at radius 3 is 2.19 bits per heavy atom. The number of hydrogen-bond donors (Lipinski definition) is 3. The van der Waals surface area contributed by atoms with Gasteiger partial charge in [0.15, 0.2) is 0 Å². The van der Waals surface area contributed by atoms with Gasteiger partial charge in [0.2, 0.25) is 15.9 Å². The largest absolute Gasteiger partial charge is 0.327 e. The van der Waals surface area contributed by atoms with E-state index in [1.165, 1.54) is 0 Å². The summed E-state index contributed by atoms with van der Waals surface area (Å²) < 4.78 is 25.3.